The molecule has 1 aliphatic rings. The van der Waals surface area contributed by atoms with Crippen LogP contribution in [0.4, 0.5) is 0 Å². The highest BCUT2D eigenvalue weighted by Gasteiger charge is 2.43. The maximum absolute atomic E-state index is 12.5. The van der Waals surface area contributed by atoms with Crippen LogP contribution in [0.3, 0.4) is 0 Å². The molecule has 1 unspecified atom stereocenters. The zero-order chi connectivity index (χ0) is 16.6. The molecule has 0 spiro atoms. The predicted molar refractivity (Wildman–Crippen MR) is 88.3 cm³/mol. The molecule has 0 aliphatic carbocycles. The lowest BCUT2D eigenvalue weighted by Crippen LogP contribution is -2.38. The van der Waals surface area contributed by atoms with Crippen molar-refractivity contribution in [1.29, 1.82) is 5.26 Å². The number of carbonyl (C=O) groups excluding carboxylic acids is 1. The molecule has 1 atom stereocenters. The van der Waals surface area contributed by atoms with Gasteiger partial charge in [0.1, 0.15) is 0 Å². The van der Waals surface area contributed by atoms with E-state index in [4.69, 9.17) is 11.0 Å². The number of hydrogen-bond acceptors (Lipinski definition) is 4. The van der Waals surface area contributed by atoms with E-state index in [0.29, 0.717) is 5.56 Å². The molecule has 0 bridgehead atoms. The summed E-state index contributed by atoms with van der Waals surface area (Å²) in [4.78, 5) is 18.2. The van der Waals surface area contributed by atoms with Gasteiger partial charge in [0.15, 0.2) is 11.5 Å². The third kappa shape index (κ3) is 2.34. The summed E-state index contributed by atoms with van der Waals surface area (Å²) in [5.41, 5.74) is 7.99. The van der Waals surface area contributed by atoms with Gasteiger partial charge in [-0.2, -0.15) is 5.26 Å². The summed E-state index contributed by atoms with van der Waals surface area (Å²) in [6, 6.07) is 17.1. The third-order valence-corrected chi connectivity index (χ3v) is 4.15. The van der Waals surface area contributed by atoms with Gasteiger partial charge >= 0.3 is 0 Å². The molecule has 2 aromatic carbocycles. The Bertz CT molecular complexity index is 865. The van der Waals surface area contributed by atoms with Gasteiger partial charge in [-0.3, -0.25) is 9.69 Å². The first-order valence-electron chi connectivity index (χ1n) is 7.20. The minimum atomic E-state index is -1.01. The topological polar surface area (TPSA) is 82.5 Å². The SMILES string of the molecule is CN1C(=O)C(C)(c2cccc(-c3cccc(C#N)c3)c2)N=C1N. The molecule has 2 aromatic rings. The lowest BCUT2D eigenvalue weighted by Gasteiger charge is -2.21. The van der Waals surface area contributed by atoms with Crippen LogP contribution in [0.1, 0.15) is 18.1 Å². The number of nitrogens with two attached hydrogens (primary N) is 1. The van der Waals surface area contributed by atoms with Crippen LogP contribution in [0.2, 0.25) is 0 Å². The van der Waals surface area contributed by atoms with Crippen molar-refractivity contribution in [2.75, 3.05) is 7.05 Å². The Kier molecular flexibility index (Phi) is 3.38. The van der Waals surface area contributed by atoms with Crippen molar-refractivity contribution in [2.24, 2.45) is 10.7 Å². The van der Waals surface area contributed by atoms with Crippen molar-refractivity contribution < 1.29 is 4.79 Å². The van der Waals surface area contributed by atoms with Crippen LogP contribution >= 0.6 is 0 Å². The Morgan fingerprint density at radius 2 is 1.83 bits per heavy atom. The highest BCUT2D eigenvalue weighted by atomic mass is 16.2. The van der Waals surface area contributed by atoms with Gasteiger partial charge in [0.2, 0.25) is 0 Å². The van der Waals surface area contributed by atoms with Gasteiger partial charge in [0.05, 0.1) is 11.6 Å². The molecule has 0 saturated heterocycles. The molecule has 0 radical (unpaired) electrons. The highest BCUT2D eigenvalue weighted by Crippen LogP contribution is 2.34. The van der Waals surface area contributed by atoms with E-state index >= 15 is 0 Å². The number of amides is 1. The van der Waals surface area contributed by atoms with E-state index in [-0.39, 0.29) is 11.9 Å². The normalized spacial score (nSPS) is 20.3. The number of hydrogen-bond donors (Lipinski definition) is 1. The molecular formula is C18H16N4O. The number of benzene rings is 2. The monoisotopic (exact) mass is 304 g/mol. The van der Waals surface area contributed by atoms with E-state index in [0.717, 1.165) is 16.7 Å². The minimum Gasteiger partial charge on any atom is -0.369 e. The molecule has 5 heteroatoms. The Morgan fingerprint density at radius 3 is 2.43 bits per heavy atom. The fraction of sp³-hybridized carbons (Fsp3) is 0.167. The van der Waals surface area contributed by atoms with Crippen LogP contribution in [0.25, 0.3) is 11.1 Å². The number of nitrogens with zero attached hydrogens (tertiary/aromatic N) is 3. The first kappa shape index (κ1) is 14.8. The third-order valence-electron chi connectivity index (χ3n) is 4.15. The summed E-state index contributed by atoms with van der Waals surface area (Å²) in [6.45, 7) is 1.76. The number of rotatable bonds is 2. The molecule has 23 heavy (non-hydrogen) atoms. The maximum atomic E-state index is 12.5. The van der Waals surface area contributed by atoms with Gasteiger partial charge < -0.3 is 5.73 Å². The van der Waals surface area contributed by atoms with Crippen molar-refractivity contribution in [3.05, 3.63) is 59.7 Å². The molecule has 3 rings (SSSR count). The molecular weight excluding hydrogens is 288 g/mol. The molecule has 0 aromatic heterocycles. The van der Waals surface area contributed by atoms with Crippen molar-refractivity contribution in [1.82, 2.24) is 4.90 Å². The maximum Gasteiger partial charge on any atom is 0.261 e. The molecule has 5 nitrogen and oxygen atoms in total. The van der Waals surface area contributed by atoms with Crippen molar-refractivity contribution in [3.63, 3.8) is 0 Å². The smallest absolute Gasteiger partial charge is 0.261 e. The van der Waals surface area contributed by atoms with E-state index in [1.807, 2.05) is 42.5 Å². The Morgan fingerprint density at radius 1 is 1.17 bits per heavy atom. The number of aliphatic imine (C=N–C) groups is 1. The van der Waals surface area contributed by atoms with Gasteiger partial charge in [-0.05, 0) is 41.8 Å². The average Bonchev–Trinajstić information content (AvgIpc) is 2.79. The van der Waals surface area contributed by atoms with Crippen LogP contribution < -0.4 is 5.73 Å². The summed E-state index contributed by atoms with van der Waals surface area (Å²) in [7, 11) is 1.62. The van der Waals surface area contributed by atoms with E-state index in [1.54, 1.807) is 20.0 Å². The van der Waals surface area contributed by atoms with Crippen LogP contribution in [-0.2, 0) is 10.3 Å². The summed E-state index contributed by atoms with van der Waals surface area (Å²) in [5, 5.41) is 9.04. The molecule has 0 saturated carbocycles. The van der Waals surface area contributed by atoms with Gasteiger partial charge in [-0.1, -0.05) is 30.3 Å². The Balaban J connectivity index is 2.08. The van der Waals surface area contributed by atoms with E-state index in [1.165, 1.54) is 4.90 Å². The fourth-order valence-corrected chi connectivity index (χ4v) is 2.74. The van der Waals surface area contributed by atoms with Gasteiger partial charge in [-0.15, -0.1) is 0 Å². The minimum absolute atomic E-state index is 0.155. The average molecular weight is 304 g/mol. The number of carbonyl (C=O) groups is 1. The van der Waals surface area contributed by atoms with Gasteiger partial charge in [-0.25, -0.2) is 4.99 Å². The Labute approximate surface area is 134 Å². The molecule has 1 heterocycles. The first-order chi connectivity index (χ1) is 11.0. The quantitative estimate of drug-likeness (QED) is 0.923. The molecule has 114 valence electrons. The second-order valence-corrected chi connectivity index (χ2v) is 5.68. The van der Waals surface area contributed by atoms with Crippen molar-refractivity contribution >= 4 is 11.9 Å². The van der Waals surface area contributed by atoms with Crippen LogP contribution in [0, 0.1) is 11.3 Å². The first-order valence-corrected chi connectivity index (χ1v) is 7.20. The van der Waals surface area contributed by atoms with Crippen molar-refractivity contribution in [2.45, 2.75) is 12.5 Å². The van der Waals surface area contributed by atoms with Crippen LogP contribution in [0.15, 0.2) is 53.5 Å². The van der Waals surface area contributed by atoms with Gasteiger partial charge in [0.25, 0.3) is 5.91 Å². The fourth-order valence-electron chi connectivity index (χ4n) is 2.74. The second-order valence-electron chi connectivity index (χ2n) is 5.68. The summed E-state index contributed by atoms with van der Waals surface area (Å²) >= 11 is 0. The van der Waals surface area contributed by atoms with Gasteiger partial charge in [0, 0.05) is 7.05 Å². The lowest BCUT2D eigenvalue weighted by molar-refractivity contribution is -0.130. The Hall–Kier alpha value is -3.13. The predicted octanol–water partition coefficient (Wildman–Crippen LogP) is 2.23. The zero-order valence-electron chi connectivity index (χ0n) is 12.9. The van der Waals surface area contributed by atoms with E-state index < -0.39 is 5.54 Å². The zero-order valence-corrected chi connectivity index (χ0v) is 12.9. The van der Waals surface area contributed by atoms with E-state index in [2.05, 4.69) is 11.1 Å². The number of likely N-dealkylation sites (N-methyl/N-ethyl adjacent to an activating group) is 1. The highest BCUT2D eigenvalue weighted by molar-refractivity contribution is 6.06. The summed E-state index contributed by atoms with van der Waals surface area (Å²) < 4.78 is 0. The lowest BCUT2D eigenvalue weighted by atomic mass is 9.89. The second kappa shape index (κ2) is 5.25. The van der Waals surface area contributed by atoms with Crippen LogP contribution in [0.5, 0.6) is 0 Å². The molecule has 1 aliphatic heterocycles. The molecule has 2 N–H and O–H groups in total. The molecule has 0 fully saturated rings. The van der Waals surface area contributed by atoms with Crippen LogP contribution in [-0.4, -0.2) is 23.8 Å². The standard InChI is InChI=1S/C18H16N4O/c1-18(16(23)22(2)17(20)21-18)15-8-4-7-14(10-15)13-6-3-5-12(9-13)11-19/h3-10H,1-2H3,(H2,20,21). The largest absolute Gasteiger partial charge is 0.369 e. The number of guanidine groups is 1. The van der Waals surface area contributed by atoms with E-state index in [9.17, 15) is 4.79 Å². The summed E-state index contributed by atoms with van der Waals surface area (Å²) in [6.07, 6.45) is 0. The van der Waals surface area contributed by atoms with Crippen molar-refractivity contribution in [3.8, 4) is 17.2 Å². The number of nitriles is 1. The summed E-state index contributed by atoms with van der Waals surface area (Å²) in [5.74, 6) is 0.0623. The molecule has 1 amide bonds.